The van der Waals surface area contributed by atoms with Crippen molar-refractivity contribution in [2.75, 3.05) is 0 Å². The van der Waals surface area contributed by atoms with E-state index in [1.165, 1.54) is 6.20 Å². The first-order valence-corrected chi connectivity index (χ1v) is 2.53. The molecule has 0 aliphatic rings. The molecule has 0 radical (unpaired) electrons. The molecule has 0 unspecified atom stereocenters. The fourth-order valence-electron chi connectivity index (χ4n) is 0.563. The van der Waals surface area contributed by atoms with Gasteiger partial charge >= 0.3 is 0 Å². The minimum absolute atomic E-state index is 0.583. The molecule has 0 spiro atoms. The van der Waals surface area contributed by atoms with Crippen molar-refractivity contribution in [2.45, 2.75) is 0 Å². The minimum Gasteiger partial charge on any atom is -0.239 e. The summed E-state index contributed by atoms with van der Waals surface area (Å²) < 4.78 is 1.73. The number of nitrogens with zero attached hydrogens (tertiary/aromatic N) is 3. The Hall–Kier alpha value is -1.43. The van der Waals surface area contributed by atoms with Gasteiger partial charge in [0.05, 0.1) is 7.05 Å². The highest BCUT2D eigenvalue weighted by Crippen LogP contribution is 1.84. The Balaban J connectivity index is 3.12. The van der Waals surface area contributed by atoms with Crippen molar-refractivity contribution in [1.82, 2.24) is 4.98 Å². The fraction of sp³-hybridized carbons (Fsp3) is 0.167. The number of aryl methyl sites for hydroxylation is 1. The zero-order valence-electron chi connectivity index (χ0n) is 5.07. The maximum atomic E-state index is 8.36. The van der Waals surface area contributed by atoms with Gasteiger partial charge < -0.3 is 0 Å². The molecule has 1 rings (SSSR count). The van der Waals surface area contributed by atoms with Crippen LogP contribution in [0.5, 0.6) is 0 Å². The van der Waals surface area contributed by atoms with Crippen LogP contribution < -0.4 is 4.57 Å². The molecule has 0 aliphatic heterocycles. The van der Waals surface area contributed by atoms with Crippen LogP contribution in [0.2, 0.25) is 0 Å². The van der Waals surface area contributed by atoms with Crippen molar-refractivity contribution in [2.24, 2.45) is 7.05 Å². The van der Waals surface area contributed by atoms with Crippen molar-refractivity contribution >= 4 is 0 Å². The molecule has 0 saturated heterocycles. The summed E-state index contributed by atoms with van der Waals surface area (Å²) in [5.74, 6) is 0. The molecule has 9 heavy (non-hydrogen) atoms. The Morgan fingerprint density at radius 3 is 3.00 bits per heavy atom. The van der Waals surface area contributed by atoms with Gasteiger partial charge in [0, 0.05) is 0 Å². The van der Waals surface area contributed by atoms with Crippen molar-refractivity contribution in [3.8, 4) is 6.07 Å². The zero-order valence-corrected chi connectivity index (χ0v) is 5.07. The van der Waals surface area contributed by atoms with Gasteiger partial charge in [-0.15, -0.1) is 0 Å². The summed E-state index contributed by atoms with van der Waals surface area (Å²) >= 11 is 0. The zero-order chi connectivity index (χ0) is 6.69. The van der Waals surface area contributed by atoms with E-state index in [0.29, 0.717) is 5.56 Å². The number of hydrogen-bond donors (Lipinski definition) is 0. The molecule has 3 nitrogen and oxygen atoms in total. The lowest BCUT2D eigenvalue weighted by molar-refractivity contribution is -0.674. The lowest BCUT2D eigenvalue weighted by atomic mass is 10.4. The SMILES string of the molecule is C[n+]1cncc(C#N)c1. The lowest BCUT2D eigenvalue weighted by Crippen LogP contribution is -2.27. The second kappa shape index (κ2) is 2.23. The van der Waals surface area contributed by atoms with E-state index < -0.39 is 0 Å². The highest BCUT2D eigenvalue weighted by molar-refractivity contribution is 5.18. The molecule has 0 amide bonds. The summed E-state index contributed by atoms with van der Waals surface area (Å²) in [7, 11) is 1.83. The van der Waals surface area contributed by atoms with Gasteiger partial charge in [0.1, 0.15) is 17.8 Å². The van der Waals surface area contributed by atoms with E-state index in [-0.39, 0.29) is 0 Å². The maximum Gasteiger partial charge on any atom is 0.285 e. The van der Waals surface area contributed by atoms with Gasteiger partial charge in [-0.05, 0) is 0 Å². The topological polar surface area (TPSA) is 40.6 Å². The summed E-state index contributed by atoms with van der Waals surface area (Å²) in [6.07, 6.45) is 4.88. The molecule has 0 bridgehead atoms. The predicted molar refractivity (Wildman–Crippen MR) is 30.1 cm³/mol. The van der Waals surface area contributed by atoms with Gasteiger partial charge in [-0.2, -0.15) is 5.26 Å². The molecule has 0 aliphatic carbocycles. The summed E-state index contributed by atoms with van der Waals surface area (Å²) in [5.41, 5.74) is 0.583. The molecule has 1 heterocycles. The van der Waals surface area contributed by atoms with Crippen LogP contribution >= 0.6 is 0 Å². The van der Waals surface area contributed by atoms with Gasteiger partial charge in [0.15, 0.2) is 6.20 Å². The Labute approximate surface area is 53.2 Å². The van der Waals surface area contributed by atoms with Gasteiger partial charge in [-0.1, -0.05) is 4.98 Å². The van der Waals surface area contributed by atoms with Crippen LogP contribution in [0, 0.1) is 11.3 Å². The Morgan fingerprint density at radius 1 is 1.78 bits per heavy atom. The molecule has 3 heteroatoms. The molecule has 44 valence electrons. The summed E-state index contributed by atoms with van der Waals surface area (Å²) in [6.45, 7) is 0. The van der Waals surface area contributed by atoms with Crippen molar-refractivity contribution in [3.63, 3.8) is 0 Å². The van der Waals surface area contributed by atoms with E-state index in [1.54, 1.807) is 17.1 Å². The van der Waals surface area contributed by atoms with Gasteiger partial charge in [0.2, 0.25) is 0 Å². The van der Waals surface area contributed by atoms with Crippen LogP contribution in [0.15, 0.2) is 18.7 Å². The van der Waals surface area contributed by atoms with Gasteiger partial charge in [0.25, 0.3) is 6.33 Å². The Bertz CT molecular complexity index is 249. The summed E-state index contributed by atoms with van der Waals surface area (Å²) in [6, 6.07) is 1.98. The van der Waals surface area contributed by atoms with Crippen LogP contribution in [0.1, 0.15) is 5.56 Å². The van der Waals surface area contributed by atoms with E-state index >= 15 is 0 Å². The first-order valence-electron chi connectivity index (χ1n) is 2.53. The maximum absolute atomic E-state index is 8.36. The average Bonchev–Trinajstić information content (AvgIpc) is 1.88. The third kappa shape index (κ3) is 1.23. The molecule has 0 N–H and O–H groups in total. The van der Waals surface area contributed by atoms with E-state index in [2.05, 4.69) is 4.98 Å². The van der Waals surface area contributed by atoms with Crippen LogP contribution in [-0.2, 0) is 7.05 Å². The second-order valence-electron chi connectivity index (χ2n) is 1.76. The molecular weight excluding hydrogens is 114 g/mol. The Morgan fingerprint density at radius 2 is 2.56 bits per heavy atom. The van der Waals surface area contributed by atoms with E-state index in [0.717, 1.165) is 0 Å². The summed E-state index contributed by atoms with van der Waals surface area (Å²) in [5, 5.41) is 8.36. The third-order valence-electron chi connectivity index (χ3n) is 0.934. The normalized spacial score (nSPS) is 8.44. The standard InChI is InChI=1S/C6H6N3/c1-9-4-6(2-7)3-8-5-9/h3-5H,1H3/q+1. The monoisotopic (exact) mass is 120 g/mol. The highest BCUT2D eigenvalue weighted by Gasteiger charge is 1.94. The lowest BCUT2D eigenvalue weighted by Gasteiger charge is -1.83. The van der Waals surface area contributed by atoms with E-state index in [1.807, 2.05) is 13.1 Å². The molecule has 1 aromatic heterocycles. The molecule has 1 aromatic rings. The first kappa shape index (κ1) is 5.70. The van der Waals surface area contributed by atoms with Gasteiger partial charge in [-0.25, -0.2) is 4.57 Å². The van der Waals surface area contributed by atoms with Crippen LogP contribution in [0.3, 0.4) is 0 Å². The van der Waals surface area contributed by atoms with E-state index in [4.69, 9.17) is 5.26 Å². The van der Waals surface area contributed by atoms with E-state index in [9.17, 15) is 0 Å². The first-order chi connectivity index (χ1) is 4.33. The molecule has 0 saturated carbocycles. The highest BCUT2D eigenvalue weighted by atomic mass is 15.0. The molecule has 0 aromatic carbocycles. The number of hydrogen-bond acceptors (Lipinski definition) is 2. The smallest absolute Gasteiger partial charge is 0.239 e. The molecular formula is C6H6N3+. The second-order valence-corrected chi connectivity index (χ2v) is 1.76. The predicted octanol–water partition coefficient (Wildman–Crippen LogP) is -0.222. The average molecular weight is 120 g/mol. The molecule has 0 atom stereocenters. The largest absolute Gasteiger partial charge is 0.285 e. The van der Waals surface area contributed by atoms with Crippen LogP contribution in [-0.4, -0.2) is 4.98 Å². The van der Waals surface area contributed by atoms with Crippen LogP contribution in [0.25, 0.3) is 0 Å². The van der Waals surface area contributed by atoms with Gasteiger partial charge in [-0.3, -0.25) is 0 Å². The number of aromatic nitrogens is 2. The Kier molecular flexibility index (Phi) is 1.41. The van der Waals surface area contributed by atoms with Crippen molar-refractivity contribution in [1.29, 1.82) is 5.26 Å². The minimum atomic E-state index is 0.583. The number of nitriles is 1. The quantitative estimate of drug-likeness (QED) is 0.444. The fourth-order valence-corrected chi connectivity index (χ4v) is 0.563. The summed E-state index contributed by atoms with van der Waals surface area (Å²) in [4.78, 5) is 3.80. The van der Waals surface area contributed by atoms with Crippen molar-refractivity contribution in [3.05, 3.63) is 24.3 Å². The van der Waals surface area contributed by atoms with Crippen LogP contribution in [0.4, 0.5) is 0 Å². The third-order valence-corrected chi connectivity index (χ3v) is 0.934. The molecule has 0 fully saturated rings. The number of rotatable bonds is 0. The van der Waals surface area contributed by atoms with Crippen molar-refractivity contribution < 1.29 is 4.57 Å².